The molecule has 1 N–H and O–H groups in total. The van der Waals surface area contributed by atoms with Crippen LogP contribution >= 0.6 is 0 Å². The fourth-order valence-electron chi connectivity index (χ4n) is 2.08. The molecule has 1 aliphatic heterocycles. The minimum Gasteiger partial charge on any atom is -0.381 e. The molecular formula is C14H21NO. The molecule has 2 rings (SSSR count). The summed E-state index contributed by atoms with van der Waals surface area (Å²) in [7, 11) is 0. The number of aryl methyl sites for hydroxylation is 1. The first-order valence-corrected chi connectivity index (χ1v) is 6.18. The molecule has 2 nitrogen and oxygen atoms in total. The molecule has 0 aromatic heterocycles. The number of rotatable bonds is 4. The molecule has 0 unspecified atom stereocenters. The minimum atomic E-state index is 0.805. The third-order valence-electron chi connectivity index (χ3n) is 3.22. The van der Waals surface area contributed by atoms with Crippen molar-refractivity contribution in [3.05, 3.63) is 35.4 Å². The Balaban J connectivity index is 1.69. The van der Waals surface area contributed by atoms with Gasteiger partial charge in [-0.25, -0.2) is 0 Å². The fourth-order valence-corrected chi connectivity index (χ4v) is 2.08. The molecule has 0 bridgehead atoms. The van der Waals surface area contributed by atoms with E-state index in [0.717, 1.165) is 32.2 Å². The lowest BCUT2D eigenvalue weighted by Gasteiger charge is -2.22. The molecule has 1 aromatic rings. The Morgan fingerprint density at radius 2 is 1.88 bits per heavy atom. The molecule has 2 heteroatoms. The molecule has 1 aliphatic rings. The van der Waals surface area contributed by atoms with Crippen LogP contribution in [-0.2, 0) is 11.3 Å². The van der Waals surface area contributed by atoms with E-state index in [0.29, 0.717) is 0 Å². The molecule has 0 radical (unpaired) electrons. The molecule has 1 saturated heterocycles. The zero-order chi connectivity index (χ0) is 11.2. The van der Waals surface area contributed by atoms with Crippen LogP contribution in [0, 0.1) is 12.8 Å². The first-order chi connectivity index (χ1) is 7.84. The van der Waals surface area contributed by atoms with Gasteiger partial charge in [0.05, 0.1) is 0 Å². The van der Waals surface area contributed by atoms with E-state index in [4.69, 9.17) is 4.74 Å². The van der Waals surface area contributed by atoms with Gasteiger partial charge in [0.2, 0.25) is 0 Å². The van der Waals surface area contributed by atoms with Gasteiger partial charge in [0, 0.05) is 19.8 Å². The van der Waals surface area contributed by atoms with Gasteiger partial charge < -0.3 is 10.1 Å². The average molecular weight is 219 g/mol. The Labute approximate surface area is 98.0 Å². The maximum Gasteiger partial charge on any atom is 0.0469 e. The third kappa shape index (κ3) is 3.62. The second-order valence-corrected chi connectivity index (χ2v) is 4.67. The quantitative estimate of drug-likeness (QED) is 0.840. The van der Waals surface area contributed by atoms with Crippen molar-refractivity contribution in [3.8, 4) is 0 Å². The smallest absolute Gasteiger partial charge is 0.0469 e. The number of hydrogen-bond acceptors (Lipinski definition) is 2. The second kappa shape index (κ2) is 6.02. The van der Waals surface area contributed by atoms with Gasteiger partial charge in [-0.3, -0.25) is 0 Å². The predicted octanol–water partition coefficient (Wildman–Crippen LogP) is 2.51. The normalized spacial score (nSPS) is 17.6. The van der Waals surface area contributed by atoms with Crippen LogP contribution in [0.1, 0.15) is 24.0 Å². The Morgan fingerprint density at radius 3 is 2.56 bits per heavy atom. The van der Waals surface area contributed by atoms with Gasteiger partial charge in [-0.15, -0.1) is 0 Å². The average Bonchev–Trinajstić information content (AvgIpc) is 2.33. The number of nitrogens with one attached hydrogen (secondary N) is 1. The van der Waals surface area contributed by atoms with E-state index >= 15 is 0 Å². The van der Waals surface area contributed by atoms with Gasteiger partial charge >= 0.3 is 0 Å². The van der Waals surface area contributed by atoms with Gasteiger partial charge in [0.1, 0.15) is 0 Å². The van der Waals surface area contributed by atoms with E-state index in [-0.39, 0.29) is 0 Å². The van der Waals surface area contributed by atoms with Crippen molar-refractivity contribution < 1.29 is 4.74 Å². The monoisotopic (exact) mass is 219 g/mol. The molecule has 1 fully saturated rings. The van der Waals surface area contributed by atoms with E-state index in [2.05, 4.69) is 36.5 Å². The van der Waals surface area contributed by atoms with Crippen LogP contribution in [-0.4, -0.2) is 19.8 Å². The summed E-state index contributed by atoms with van der Waals surface area (Å²) in [5.41, 5.74) is 2.70. The SMILES string of the molecule is Cc1ccc(CNCC2CCOCC2)cc1. The summed E-state index contributed by atoms with van der Waals surface area (Å²) in [6, 6.07) is 8.75. The van der Waals surface area contributed by atoms with Gasteiger partial charge in [0.25, 0.3) is 0 Å². The Morgan fingerprint density at radius 1 is 1.19 bits per heavy atom. The lowest BCUT2D eigenvalue weighted by Crippen LogP contribution is -2.27. The maximum absolute atomic E-state index is 5.35. The van der Waals surface area contributed by atoms with Gasteiger partial charge in [-0.1, -0.05) is 29.8 Å². The van der Waals surface area contributed by atoms with Crippen molar-refractivity contribution in [2.45, 2.75) is 26.3 Å². The van der Waals surface area contributed by atoms with Crippen molar-refractivity contribution in [2.24, 2.45) is 5.92 Å². The highest BCUT2D eigenvalue weighted by atomic mass is 16.5. The molecule has 0 spiro atoms. The zero-order valence-corrected chi connectivity index (χ0v) is 10.0. The van der Waals surface area contributed by atoms with E-state index in [9.17, 15) is 0 Å². The van der Waals surface area contributed by atoms with E-state index in [1.165, 1.54) is 24.0 Å². The van der Waals surface area contributed by atoms with Crippen LogP contribution in [0.15, 0.2) is 24.3 Å². The second-order valence-electron chi connectivity index (χ2n) is 4.67. The van der Waals surface area contributed by atoms with Gasteiger partial charge in [-0.2, -0.15) is 0 Å². The summed E-state index contributed by atoms with van der Waals surface area (Å²) in [6.07, 6.45) is 2.42. The molecule has 1 aromatic carbocycles. The fraction of sp³-hybridized carbons (Fsp3) is 0.571. The first-order valence-electron chi connectivity index (χ1n) is 6.18. The van der Waals surface area contributed by atoms with Crippen LogP contribution in [0.5, 0.6) is 0 Å². The Bertz CT molecular complexity index is 301. The molecule has 88 valence electrons. The van der Waals surface area contributed by atoms with Crippen LogP contribution in [0.4, 0.5) is 0 Å². The first kappa shape index (κ1) is 11.6. The number of ether oxygens (including phenoxy) is 1. The topological polar surface area (TPSA) is 21.3 Å². The van der Waals surface area contributed by atoms with Gasteiger partial charge in [-0.05, 0) is 37.8 Å². The third-order valence-corrected chi connectivity index (χ3v) is 3.22. The van der Waals surface area contributed by atoms with E-state index in [1.807, 2.05) is 0 Å². The standard InChI is InChI=1S/C14H21NO/c1-12-2-4-13(5-3-12)10-15-11-14-6-8-16-9-7-14/h2-5,14-15H,6-11H2,1H3. The van der Waals surface area contributed by atoms with Crippen molar-refractivity contribution in [3.63, 3.8) is 0 Å². The molecular weight excluding hydrogens is 198 g/mol. The molecule has 0 amide bonds. The molecule has 0 saturated carbocycles. The van der Waals surface area contributed by atoms with Crippen LogP contribution in [0.3, 0.4) is 0 Å². The van der Waals surface area contributed by atoms with E-state index in [1.54, 1.807) is 0 Å². The Hall–Kier alpha value is -0.860. The summed E-state index contributed by atoms with van der Waals surface area (Å²) < 4.78 is 5.35. The summed E-state index contributed by atoms with van der Waals surface area (Å²) >= 11 is 0. The van der Waals surface area contributed by atoms with Crippen LogP contribution < -0.4 is 5.32 Å². The highest BCUT2D eigenvalue weighted by Crippen LogP contribution is 2.13. The zero-order valence-electron chi connectivity index (χ0n) is 10.0. The largest absolute Gasteiger partial charge is 0.381 e. The Kier molecular flexibility index (Phi) is 4.37. The highest BCUT2D eigenvalue weighted by molar-refractivity contribution is 5.21. The summed E-state index contributed by atoms with van der Waals surface area (Å²) in [4.78, 5) is 0. The lowest BCUT2D eigenvalue weighted by atomic mass is 10.0. The molecule has 0 aliphatic carbocycles. The predicted molar refractivity (Wildman–Crippen MR) is 66.4 cm³/mol. The molecule has 1 heterocycles. The lowest BCUT2D eigenvalue weighted by molar-refractivity contribution is 0.0662. The number of hydrogen-bond donors (Lipinski definition) is 1. The van der Waals surface area contributed by atoms with Crippen LogP contribution in [0.25, 0.3) is 0 Å². The van der Waals surface area contributed by atoms with Crippen molar-refractivity contribution in [1.82, 2.24) is 5.32 Å². The minimum absolute atomic E-state index is 0.805. The van der Waals surface area contributed by atoms with Crippen molar-refractivity contribution in [1.29, 1.82) is 0 Å². The van der Waals surface area contributed by atoms with Crippen molar-refractivity contribution in [2.75, 3.05) is 19.8 Å². The summed E-state index contributed by atoms with van der Waals surface area (Å²) in [5, 5.41) is 3.54. The molecule has 0 atom stereocenters. The van der Waals surface area contributed by atoms with Crippen molar-refractivity contribution >= 4 is 0 Å². The number of benzene rings is 1. The van der Waals surface area contributed by atoms with Gasteiger partial charge in [0.15, 0.2) is 0 Å². The molecule has 16 heavy (non-hydrogen) atoms. The highest BCUT2D eigenvalue weighted by Gasteiger charge is 2.12. The summed E-state index contributed by atoms with van der Waals surface area (Å²) in [5.74, 6) is 0.805. The van der Waals surface area contributed by atoms with Crippen LogP contribution in [0.2, 0.25) is 0 Å². The maximum atomic E-state index is 5.35. The summed E-state index contributed by atoms with van der Waals surface area (Å²) in [6.45, 7) is 6.11. The van der Waals surface area contributed by atoms with E-state index < -0.39 is 0 Å².